The SMILES string of the molecule is CCn1c(CC(O)(CN)C2CC2)nc2ccccc21. The van der Waals surface area contributed by atoms with Crippen molar-refractivity contribution in [3.05, 3.63) is 30.1 Å². The predicted octanol–water partition coefficient (Wildman–Crippen LogP) is 1.70. The van der Waals surface area contributed by atoms with Gasteiger partial charge >= 0.3 is 0 Å². The summed E-state index contributed by atoms with van der Waals surface area (Å²) in [6, 6.07) is 8.11. The summed E-state index contributed by atoms with van der Waals surface area (Å²) in [7, 11) is 0. The van der Waals surface area contributed by atoms with Crippen molar-refractivity contribution in [3.63, 3.8) is 0 Å². The van der Waals surface area contributed by atoms with Crippen molar-refractivity contribution in [1.82, 2.24) is 9.55 Å². The quantitative estimate of drug-likeness (QED) is 0.859. The second-order valence-electron chi connectivity index (χ2n) is 5.52. The Kier molecular flexibility index (Phi) is 3.07. The molecule has 0 bridgehead atoms. The minimum absolute atomic E-state index is 0.310. The molecule has 1 heterocycles. The first kappa shape index (κ1) is 12.6. The van der Waals surface area contributed by atoms with Crippen molar-refractivity contribution in [2.75, 3.05) is 6.54 Å². The monoisotopic (exact) mass is 259 g/mol. The summed E-state index contributed by atoms with van der Waals surface area (Å²) in [6.45, 7) is 3.28. The van der Waals surface area contributed by atoms with Crippen LogP contribution in [-0.2, 0) is 13.0 Å². The number of fused-ring (bicyclic) bond motifs is 1. The fourth-order valence-electron chi connectivity index (χ4n) is 2.89. The molecule has 0 aliphatic heterocycles. The predicted molar refractivity (Wildman–Crippen MR) is 75.8 cm³/mol. The van der Waals surface area contributed by atoms with E-state index in [2.05, 4.69) is 22.5 Å². The largest absolute Gasteiger partial charge is 0.388 e. The lowest BCUT2D eigenvalue weighted by Gasteiger charge is -2.26. The summed E-state index contributed by atoms with van der Waals surface area (Å²) in [4.78, 5) is 4.67. The first-order valence-corrected chi connectivity index (χ1v) is 7.04. The molecular weight excluding hydrogens is 238 g/mol. The van der Waals surface area contributed by atoms with Gasteiger partial charge in [-0.25, -0.2) is 4.98 Å². The van der Waals surface area contributed by atoms with Crippen LogP contribution >= 0.6 is 0 Å². The number of imidazole rings is 1. The highest BCUT2D eigenvalue weighted by atomic mass is 16.3. The highest BCUT2D eigenvalue weighted by molar-refractivity contribution is 5.75. The maximum atomic E-state index is 10.7. The van der Waals surface area contributed by atoms with E-state index < -0.39 is 5.60 Å². The molecule has 2 aromatic rings. The standard InChI is InChI=1S/C15H21N3O/c1-2-18-13-6-4-3-5-12(13)17-14(18)9-15(19,10-16)11-7-8-11/h3-6,11,19H,2,7-10,16H2,1H3. The molecule has 4 heteroatoms. The smallest absolute Gasteiger partial charge is 0.112 e. The van der Waals surface area contributed by atoms with Crippen molar-refractivity contribution in [3.8, 4) is 0 Å². The zero-order valence-electron chi connectivity index (χ0n) is 11.3. The molecule has 1 unspecified atom stereocenters. The van der Waals surface area contributed by atoms with Crippen LogP contribution in [0.15, 0.2) is 24.3 Å². The van der Waals surface area contributed by atoms with Gasteiger partial charge in [-0.15, -0.1) is 0 Å². The van der Waals surface area contributed by atoms with Crippen LogP contribution in [0.1, 0.15) is 25.6 Å². The molecule has 0 amide bonds. The van der Waals surface area contributed by atoms with Gasteiger partial charge in [-0.2, -0.15) is 0 Å². The minimum atomic E-state index is -0.783. The Morgan fingerprint density at radius 3 is 2.79 bits per heavy atom. The van der Waals surface area contributed by atoms with Gasteiger partial charge in [0, 0.05) is 19.5 Å². The van der Waals surface area contributed by atoms with Gasteiger partial charge in [0.15, 0.2) is 0 Å². The van der Waals surface area contributed by atoms with Gasteiger partial charge in [0.25, 0.3) is 0 Å². The Labute approximate surface area is 113 Å². The first-order chi connectivity index (χ1) is 9.18. The molecule has 3 N–H and O–H groups in total. The van der Waals surface area contributed by atoms with Crippen LogP contribution in [0, 0.1) is 5.92 Å². The minimum Gasteiger partial charge on any atom is -0.388 e. The molecule has 1 aliphatic carbocycles. The fourth-order valence-corrected chi connectivity index (χ4v) is 2.89. The van der Waals surface area contributed by atoms with Crippen LogP contribution in [0.4, 0.5) is 0 Å². The van der Waals surface area contributed by atoms with Crippen molar-refractivity contribution >= 4 is 11.0 Å². The Balaban J connectivity index is 2.00. The van der Waals surface area contributed by atoms with E-state index in [0.29, 0.717) is 18.9 Å². The molecule has 1 saturated carbocycles. The number of aliphatic hydroxyl groups is 1. The lowest BCUT2D eigenvalue weighted by atomic mass is 9.93. The topological polar surface area (TPSA) is 64.1 Å². The number of rotatable bonds is 5. The number of hydrogen-bond acceptors (Lipinski definition) is 3. The molecule has 0 radical (unpaired) electrons. The van der Waals surface area contributed by atoms with Gasteiger partial charge in [-0.3, -0.25) is 0 Å². The summed E-state index contributed by atoms with van der Waals surface area (Å²) in [5.41, 5.74) is 7.14. The fraction of sp³-hybridized carbons (Fsp3) is 0.533. The third-order valence-corrected chi connectivity index (χ3v) is 4.20. The van der Waals surface area contributed by atoms with Crippen LogP contribution in [0.2, 0.25) is 0 Å². The molecule has 1 aromatic heterocycles. The van der Waals surface area contributed by atoms with Gasteiger partial charge < -0.3 is 15.4 Å². The zero-order chi connectivity index (χ0) is 13.5. The van der Waals surface area contributed by atoms with Crippen LogP contribution in [0.25, 0.3) is 11.0 Å². The van der Waals surface area contributed by atoms with Crippen molar-refractivity contribution in [2.24, 2.45) is 11.7 Å². The number of nitrogens with zero attached hydrogens (tertiary/aromatic N) is 2. The number of aryl methyl sites for hydroxylation is 1. The van der Waals surface area contributed by atoms with Crippen LogP contribution in [-0.4, -0.2) is 26.8 Å². The Morgan fingerprint density at radius 1 is 1.42 bits per heavy atom. The number of hydrogen-bond donors (Lipinski definition) is 2. The van der Waals surface area contributed by atoms with Crippen molar-refractivity contribution < 1.29 is 5.11 Å². The lowest BCUT2D eigenvalue weighted by molar-refractivity contribution is 0.0242. The maximum Gasteiger partial charge on any atom is 0.112 e. The normalized spacial score (nSPS) is 18.7. The van der Waals surface area contributed by atoms with Crippen LogP contribution in [0.3, 0.4) is 0 Å². The first-order valence-electron chi connectivity index (χ1n) is 7.04. The summed E-state index contributed by atoms with van der Waals surface area (Å²) in [6.07, 6.45) is 2.72. The third kappa shape index (κ3) is 2.15. The molecular formula is C15H21N3O. The van der Waals surface area contributed by atoms with E-state index in [9.17, 15) is 5.11 Å². The van der Waals surface area contributed by atoms with E-state index in [1.54, 1.807) is 0 Å². The van der Waals surface area contributed by atoms with E-state index in [1.807, 2.05) is 18.2 Å². The van der Waals surface area contributed by atoms with Crippen LogP contribution < -0.4 is 5.73 Å². The zero-order valence-corrected chi connectivity index (χ0v) is 11.3. The number of nitrogens with two attached hydrogens (primary N) is 1. The van der Waals surface area contributed by atoms with Crippen molar-refractivity contribution in [2.45, 2.75) is 38.3 Å². The summed E-state index contributed by atoms with van der Waals surface area (Å²) >= 11 is 0. The molecule has 0 spiro atoms. The molecule has 0 saturated heterocycles. The Bertz CT molecular complexity index is 588. The van der Waals surface area contributed by atoms with E-state index in [0.717, 1.165) is 36.2 Å². The number of benzene rings is 1. The van der Waals surface area contributed by atoms with Gasteiger partial charge in [-0.1, -0.05) is 12.1 Å². The van der Waals surface area contributed by atoms with E-state index in [-0.39, 0.29) is 0 Å². The van der Waals surface area contributed by atoms with Gasteiger partial charge in [0.05, 0.1) is 16.6 Å². The van der Waals surface area contributed by atoms with Gasteiger partial charge in [0.2, 0.25) is 0 Å². The highest BCUT2D eigenvalue weighted by Gasteiger charge is 2.43. The summed E-state index contributed by atoms with van der Waals surface area (Å²) in [5, 5.41) is 10.7. The van der Waals surface area contributed by atoms with E-state index in [1.165, 1.54) is 0 Å². The number of para-hydroxylation sites is 2. The molecule has 1 aliphatic rings. The van der Waals surface area contributed by atoms with Crippen molar-refractivity contribution in [1.29, 1.82) is 0 Å². The number of aromatic nitrogens is 2. The van der Waals surface area contributed by atoms with Crippen LogP contribution in [0.5, 0.6) is 0 Å². The molecule has 1 atom stereocenters. The maximum absolute atomic E-state index is 10.7. The van der Waals surface area contributed by atoms with E-state index >= 15 is 0 Å². The molecule has 1 aromatic carbocycles. The molecule has 19 heavy (non-hydrogen) atoms. The summed E-state index contributed by atoms with van der Waals surface area (Å²) < 4.78 is 2.18. The molecule has 1 fully saturated rings. The highest BCUT2D eigenvalue weighted by Crippen LogP contribution is 2.41. The lowest BCUT2D eigenvalue weighted by Crippen LogP contribution is -2.43. The van der Waals surface area contributed by atoms with E-state index in [4.69, 9.17) is 5.73 Å². The average Bonchev–Trinajstić information content (AvgIpc) is 3.21. The summed E-state index contributed by atoms with van der Waals surface area (Å²) in [5.74, 6) is 1.30. The third-order valence-electron chi connectivity index (χ3n) is 4.20. The second kappa shape index (κ2) is 4.62. The average molecular weight is 259 g/mol. The van der Waals surface area contributed by atoms with Gasteiger partial charge in [-0.05, 0) is 37.8 Å². The Hall–Kier alpha value is -1.39. The Morgan fingerprint density at radius 2 is 2.16 bits per heavy atom. The van der Waals surface area contributed by atoms with Gasteiger partial charge in [0.1, 0.15) is 5.82 Å². The second-order valence-corrected chi connectivity index (χ2v) is 5.52. The molecule has 3 rings (SSSR count). The molecule has 4 nitrogen and oxygen atoms in total. The molecule has 102 valence electrons.